The molecule has 1 aromatic rings. The molecule has 0 aromatic heterocycles. The van der Waals surface area contributed by atoms with Gasteiger partial charge < -0.3 is 5.32 Å². The minimum Gasteiger partial charge on any atom is -0.377 e. The first-order valence-corrected chi connectivity index (χ1v) is 7.94. The molecule has 7 heteroatoms. The van der Waals surface area contributed by atoms with Crippen LogP contribution in [0, 0.1) is 16.0 Å². The van der Waals surface area contributed by atoms with Gasteiger partial charge in [-0.05, 0) is 37.8 Å². The standard InChI is InChI=1S/C12H16N2O4S/c1-8(9-6-7-9)13-10-4-3-5-11(19(2,17)18)12(10)14(15)16/h3-5,8-9,13H,6-7H2,1-2H3. The summed E-state index contributed by atoms with van der Waals surface area (Å²) in [6.45, 7) is 1.95. The van der Waals surface area contributed by atoms with Crippen molar-refractivity contribution < 1.29 is 13.3 Å². The largest absolute Gasteiger partial charge is 0.377 e. The fourth-order valence-corrected chi connectivity index (χ4v) is 2.95. The summed E-state index contributed by atoms with van der Waals surface area (Å²) in [7, 11) is -3.62. The van der Waals surface area contributed by atoms with Crippen LogP contribution >= 0.6 is 0 Å². The third-order valence-electron chi connectivity index (χ3n) is 3.29. The lowest BCUT2D eigenvalue weighted by molar-refractivity contribution is -0.386. The molecule has 0 aliphatic heterocycles. The zero-order chi connectivity index (χ0) is 14.2. The average molecular weight is 284 g/mol. The van der Waals surface area contributed by atoms with E-state index in [1.807, 2.05) is 6.92 Å². The summed E-state index contributed by atoms with van der Waals surface area (Å²) in [6, 6.07) is 4.44. The quantitative estimate of drug-likeness (QED) is 0.661. The van der Waals surface area contributed by atoms with Crippen LogP contribution in [0.5, 0.6) is 0 Å². The van der Waals surface area contributed by atoms with E-state index in [4.69, 9.17) is 0 Å². The topological polar surface area (TPSA) is 89.3 Å². The van der Waals surface area contributed by atoms with E-state index in [1.165, 1.54) is 12.1 Å². The van der Waals surface area contributed by atoms with Crippen molar-refractivity contribution in [2.24, 2.45) is 5.92 Å². The number of rotatable bonds is 5. The summed E-state index contributed by atoms with van der Waals surface area (Å²) < 4.78 is 23.2. The van der Waals surface area contributed by atoms with Gasteiger partial charge in [0.05, 0.1) is 4.92 Å². The number of anilines is 1. The molecular weight excluding hydrogens is 268 g/mol. The average Bonchev–Trinajstić information content (AvgIpc) is 3.10. The van der Waals surface area contributed by atoms with Crippen molar-refractivity contribution in [2.75, 3.05) is 11.6 Å². The number of nitro benzene ring substituents is 1. The number of nitrogens with zero attached hydrogens (tertiary/aromatic N) is 1. The van der Waals surface area contributed by atoms with Gasteiger partial charge in [-0.15, -0.1) is 0 Å². The van der Waals surface area contributed by atoms with E-state index in [9.17, 15) is 18.5 Å². The maximum Gasteiger partial charge on any atom is 0.310 e. The zero-order valence-electron chi connectivity index (χ0n) is 10.8. The zero-order valence-corrected chi connectivity index (χ0v) is 11.6. The van der Waals surface area contributed by atoms with Gasteiger partial charge in [0.1, 0.15) is 10.6 Å². The van der Waals surface area contributed by atoms with Crippen molar-refractivity contribution >= 4 is 21.2 Å². The van der Waals surface area contributed by atoms with E-state index >= 15 is 0 Å². The molecular formula is C12H16N2O4S. The Balaban J connectivity index is 2.45. The first kappa shape index (κ1) is 13.8. The second-order valence-electron chi connectivity index (χ2n) is 4.95. The Bertz CT molecular complexity index is 608. The molecule has 19 heavy (non-hydrogen) atoms. The molecule has 2 rings (SSSR count). The first-order valence-electron chi connectivity index (χ1n) is 6.04. The summed E-state index contributed by atoms with van der Waals surface area (Å²) in [5.74, 6) is 0.515. The van der Waals surface area contributed by atoms with Crippen molar-refractivity contribution in [3.8, 4) is 0 Å². The van der Waals surface area contributed by atoms with Crippen molar-refractivity contribution in [2.45, 2.75) is 30.7 Å². The van der Waals surface area contributed by atoms with Gasteiger partial charge in [0.25, 0.3) is 0 Å². The molecule has 1 N–H and O–H groups in total. The second-order valence-corrected chi connectivity index (χ2v) is 6.94. The summed E-state index contributed by atoms with van der Waals surface area (Å²) in [4.78, 5) is 10.3. The molecule has 104 valence electrons. The minimum atomic E-state index is -3.62. The molecule has 1 saturated carbocycles. The van der Waals surface area contributed by atoms with Crippen LogP contribution in [0.25, 0.3) is 0 Å². The van der Waals surface area contributed by atoms with Gasteiger partial charge in [-0.2, -0.15) is 0 Å². The third-order valence-corrected chi connectivity index (χ3v) is 4.42. The Morgan fingerprint density at radius 2 is 2.05 bits per heavy atom. The van der Waals surface area contributed by atoms with E-state index in [1.54, 1.807) is 6.07 Å². The van der Waals surface area contributed by atoms with Gasteiger partial charge in [0.2, 0.25) is 0 Å². The lowest BCUT2D eigenvalue weighted by Crippen LogP contribution is -2.18. The highest BCUT2D eigenvalue weighted by Gasteiger charge is 2.31. The van der Waals surface area contributed by atoms with E-state index in [2.05, 4.69) is 5.32 Å². The van der Waals surface area contributed by atoms with Crippen molar-refractivity contribution in [1.29, 1.82) is 0 Å². The molecule has 0 bridgehead atoms. The predicted molar refractivity (Wildman–Crippen MR) is 72.0 cm³/mol. The molecule has 0 amide bonds. The van der Waals surface area contributed by atoms with E-state index < -0.39 is 14.8 Å². The monoisotopic (exact) mass is 284 g/mol. The lowest BCUT2D eigenvalue weighted by atomic mass is 10.2. The third kappa shape index (κ3) is 3.04. The Labute approximate surface area is 111 Å². The molecule has 1 fully saturated rings. The van der Waals surface area contributed by atoms with Crippen LogP contribution in [-0.2, 0) is 9.84 Å². The Hall–Kier alpha value is -1.63. The van der Waals surface area contributed by atoms with Crippen LogP contribution in [0.3, 0.4) is 0 Å². The number of hydrogen-bond acceptors (Lipinski definition) is 5. The molecule has 1 aliphatic carbocycles. The first-order chi connectivity index (χ1) is 8.80. The second kappa shape index (κ2) is 4.80. The molecule has 0 spiro atoms. The van der Waals surface area contributed by atoms with Gasteiger partial charge in [-0.25, -0.2) is 8.42 Å². The number of nitrogens with one attached hydrogen (secondary N) is 1. The smallest absolute Gasteiger partial charge is 0.310 e. The SMILES string of the molecule is CC(Nc1cccc(S(C)(=O)=O)c1[N+](=O)[O-])C1CC1. The molecule has 0 radical (unpaired) electrons. The summed E-state index contributed by atoms with van der Waals surface area (Å²) in [6.07, 6.45) is 3.19. The normalized spacial score (nSPS) is 16.9. The summed E-state index contributed by atoms with van der Waals surface area (Å²) in [5, 5.41) is 14.2. The molecule has 1 unspecified atom stereocenters. The predicted octanol–water partition coefficient (Wildman–Crippen LogP) is 2.21. The summed E-state index contributed by atoms with van der Waals surface area (Å²) >= 11 is 0. The summed E-state index contributed by atoms with van der Waals surface area (Å²) in [5.41, 5.74) is -0.0928. The van der Waals surface area contributed by atoms with Crippen LogP contribution in [-0.4, -0.2) is 25.6 Å². The van der Waals surface area contributed by atoms with Gasteiger partial charge in [-0.3, -0.25) is 10.1 Å². The lowest BCUT2D eigenvalue weighted by Gasteiger charge is -2.15. The Morgan fingerprint density at radius 3 is 2.53 bits per heavy atom. The van der Waals surface area contributed by atoms with Crippen molar-refractivity contribution in [3.63, 3.8) is 0 Å². The highest BCUT2D eigenvalue weighted by molar-refractivity contribution is 7.90. The number of nitro groups is 1. The van der Waals surface area contributed by atoms with Crippen LogP contribution in [0.2, 0.25) is 0 Å². The minimum absolute atomic E-state index is 0.105. The molecule has 0 heterocycles. The van der Waals surface area contributed by atoms with Crippen LogP contribution in [0.1, 0.15) is 19.8 Å². The van der Waals surface area contributed by atoms with Crippen LogP contribution in [0.15, 0.2) is 23.1 Å². The van der Waals surface area contributed by atoms with Gasteiger partial charge >= 0.3 is 5.69 Å². The number of hydrogen-bond donors (Lipinski definition) is 1. The Morgan fingerprint density at radius 1 is 1.42 bits per heavy atom. The Kier molecular flexibility index (Phi) is 3.49. The van der Waals surface area contributed by atoms with E-state index in [0.29, 0.717) is 5.92 Å². The van der Waals surface area contributed by atoms with Gasteiger partial charge in [-0.1, -0.05) is 6.07 Å². The number of benzene rings is 1. The fraction of sp³-hybridized carbons (Fsp3) is 0.500. The molecule has 1 atom stereocenters. The molecule has 0 saturated heterocycles. The number of para-hydroxylation sites is 1. The molecule has 1 aromatic carbocycles. The van der Waals surface area contributed by atoms with Crippen molar-refractivity contribution in [3.05, 3.63) is 28.3 Å². The maximum atomic E-state index is 11.6. The highest BCUT2D eigenvalue weighted by atomic mass is 32.2. The van der Waals surface area contributed by atoms with E-state index in [-0.39, 0.29) is 22.3 Å². The van der Waals surface area contributed by atoms with Crippen LogP contribution < -0.4 is 5.32 Å². The fourth-order valence-electron chi connectivity index (χ4n) is 2.09. The molecule has 6 nitrogen and oxygen atoms in total. The van der Waals surface area contributed by atoms with Gasteiger partial charge in [0, 0.05) is 12.3 Å². The maximum absolute atomic E-state index is 11.6. The van der Waals surface area contributed by atoms with Crippen LogP contribution in [0.4, 0.5) is 11.4 Å². The van der Waals surface area contributed by atoms with Gasteiger partial charge in [0.15, 0.2) is 9.84 Å². The highest BCUT2D eigenvalue weighted by Crippen LogP contribution is 2.37. The number of sulfone groups is 1. The molecule has 1 aliphatic rings. The van der Waals surface area contributed by atoms with Crippen molar-refractivity contribution in [1.82, 2.24) is 0 Å². The van der Waals surface area contributed by atoms with E-state index in [0.717, 1.165) is 19.1 Å².